The third-order valence-electron chi connectivity index (χ3n) is 3.34. The van der Waals surface area contributed by atoms with Crippen molar-refractivity contribution in [2.75, 3.05) is 13.1 Å². The van der Waals surface area contributed by atoms with Crippen LogP contribution < -0.4 is 11.3 Å². The van der Waals surface area contributed by atoms with Crippen molar-refractivity contribution in [2.24, 2.45) is 5.84 Å². The van der Waals surface area contributed by atoms with Crippen LogP contribution in [0.5, 0.6) is 0 Å². The van der Waals surface area contributed by atoms with E-state index < -0.39 is 0 Å². The van der Waals surface area contributed by atoms with Crippen LogP contribution in [-0.2, 0) is 6.54 Å². The predicted molar refractivity (Wildman–Crippen MR) is 87.6 cm³/mol. The molecule has 0 spiro atoms. The molecule has 0 bridgehead atoms. The summed E-state index contributed by atoms with van der Waals surface area (Å²) in [6.45, 7) is 7.66. The summed E-state index contributed by atoms with van der Waals surface area (Å²) in [4.78, 5) is 13.9. The fourth-order valence-electron chi connectivity index (χ4n) is 2.55. The number of rotatable bonds is 3. The fraction of sp³-hybridized carbons (Fsp3) is 0.500. The van der Waals surface area contributed by atoms with Crippen molar-refractivity contribution in [1.82, 2.24) is 10.3 Å². The van der Waals surface area contributed by atoms with E-state index in [2.05, 4.69) is 40.1 Å². The molecule has 1 heterocycles. The van der Waals surface area contributed by atoms with E-state index >= 15 is 0 Å². The van der Waals surface area contributed by atoms with Crippen molar-refractivity contribution in [1.29, 1.82) is 0 Å². The minimum atomic E-state index is -0.270. The van der Waals surface area contributed by atoms with Crippen LogP contribution in [0.1, 0.15) is 29.8 Å². The highest BCUT2D eigenvalue weighted by atomic mass is 79.9. The molecule has 3 N–H and O–H groups in total. The Kier molecular flexibility index (Phi) is 5.49. The lowest BCUT2D eigenvalue weighted by atomic mass is 10.1. The zero-order valence-electron chi connectivity index (χ0n) is 11.7. The molecule has 1 amide bonds. The normalized spacial score (nSPS) is 23.6. The monoisotopic (exact) mass is 357 g/mol. The molecule has 0 radical (unpaired) electrons. The Morgan fingerprint density at radius 3 is 2.65 bits per heavy atom. The molecule has 110 valence electrons. The van der Waals surface area contributed by atoms with Crippen LogP contribution in [0.2, 0.25) is 0 Å². The van der Waals surface area contributed by atoms with Gasteiger partial charge >= 0.3 is 0 Å². The summed E-state index contributed by atoms with van der Waals surface area (Å²) in [5.41, 5.74) is 3.92. The Morgan fingerprint density at radius 1 is 1.45 bits per heavy atom. The van der Waals surface area contributed by atoms with Crippen LogP contribution in [0, 0.1) is 0 Å². The molecule has 6 heteroatoms. The average Bonchev–Trinajstić information content (AvgIpc) is 2.39. The summed E-state index contributed by atoms with van der Waals surface area (Å²) < 4.78 is 0.956. The summed E-state index contributed by atoms with van der Waals surface area (Å²) in [6.07, 6.45) is 0. The molecule has 0 aliphatic carbocycles. The third-order valence-corrected chi connectivity index (χ3v) is 5.30. The molecule has 20 heavy (non-hydrogen) atoms. The second-order valence-corrected chi connectivity index (χ2v) is 7.97. The van der Waals surface area contributed by atoms with Crippen molar-refractivity contribution in [3.63, 3.8) is 0 Å². The van der Waals surface area contributed by atoms with E-state index in [1.807, 2.05) is 30.0 Å². The number of hydrazine groups is 1. The van der Waals surface area contributed by atoms with Gasteiger partial charge < -0.3 is 0 Å². The number of nitrogen functional groups attached to an aromatic ring is 1. The van der Waals surface area contributed by atoms with Crippen LogP contribution >= 0.6 is 27.7 Å². The average molecular weight is 358 g/mol. The van der Waals surface area contributed by atoms with Gasteiger partial charge in [0.2, 0.25) is 0 Å². The lowest BCUT2D eigenvalue weighted by molar-refractivity contribution is 0.0953. The first-order valence-electron chi connectivity index (χ1n) is 6.66. The standard InChI is InChI=1S/C14H20BrN3OS/c1-9-6-18(7-10(2)20-9)8-12-4-3-11(5-13(12)15)14(19)17-16/h3-5,9-10H,6-8,16H2,1-2H3,(H,17,19). The number of nitrogens with two attached hydrogens (primary N) is 1. The van der Waals surface area contributed by atoms with Crippen LogP contribution in [0.3, 0.4) is 0 Å². The lowest BCUT2D eigenvalue weighted by Gasteiger charge is -2.34. The van der Waals surface area contributed by atoms with Gasteiger partial charge in [-0.1, -0.05) is 35.8 Å². The van der Waals surface area contributed by atoms with E-state index in [0.29, 0.717) is 16.1 Å². The fourth-order valence-corrected chi connectivity index (χ4v) is 4.45. The highest BCUT2D eigenvalue weighted by Crippen LogP contribution is 2.27. The summed E-state index contributed by atoms with van der Waals surface area (Å²) in [7, 11) is 0. The maximum Gasteiger partial charge on any atom is 0.265 e. The Labute approximate surface area is 132 Å². The lowest BCUT2D eigenvalue weighted by Crippen LogP contribution is -2.39. The van der Waals surface area contributed by atoms with Gasteiger partial charge in [0.05, 0.1) is 0 Å². The van der Waals surface area contributed by atoms with E-state index in [1.165, 1.54) is 5.56 Å². The maximum absolute atomic E-state index is 11.5. The number of nitrogens with one attached hydrogen (secondary N) is 1. The largest absolute Gasteiger partial charge is 0.297 e. The number of hydrogen-bond donors (Lipinski definition) is 2. The van der Waals surface area contributed by atoms with Crippen molar-refractivity contribution >= 4 is 33.6 Å². The quantitative estimate of drug-likeness (QED) is 0.495. The molecular formula is C14H20BrN3OS. The molecule has 1 aliphatic heterocycles. The summed E-state index contributed by atoms with van der Waals surface area (Å²) in [5.74, 6) is 4.88. The molecule has 2 rings (SSSR count). The first-order valence-corrected chi connectivity index (χ1v) is 8.40. The number of carbonyl (C=O) groups is 1. The van der Waals surface area contributed by atoms with Crippen molar-refractivity contribution in [3.8, 4) is 0 Å². The van der Waals surface area contributed by atoms with Crippen molar-refractivity contribution in [2.45, 2.75) is 30.9 Å². The molecule has 4 nitrogen and oxygen atoms in total. The molecule has 1 saturated heterocycles. The number of nitrogens with zero attached hydrogens (tertiary/aromatic N) is 1. The van der Waals surface area contributed by atoms with Gasteiger partial charge in [0.25, 0.3) is 5.91 Å². The predicted octanol–water partition coefficient (Wildman–Crippen LogP) is 2.38. The first kappa shape index (κ1) is 15.8. The van der Waals surface area contributed by atoms with Gasteiger partial charge in [-0.25, -0.2) is 5.84 Å². The van der Waals surface area contributed by atoms with Gasteiger partial charge in [0.1, 0.15) is 0 Å². The summed E-state index contributed by atoms with van der Waals surface area (Å²) >= 11 is 5.60. The van der Waals surface area contributed by atoms with Crippen molar-refractivity contribution < 1.29 is 4.79 Å². The van der Waals surface area contributed by atoms with Crippen LogP contribution in [0.4, 0.5) is 0 Å². The molecule has 0 aromatic heterocycles. The Morgan fingerprint density at radius 2 is 2.10 bits per heavy atom. The molecule has 0 saturated carbocycles. The number of carbonyl (C=O) groups excluding carboxylic acids is 1. The maximum atomic E-state index is 11.5. The molecular weight excluding hydrogens is 338 g/mol. The first-order chi connectivity index (χ1) is 9.49. The molecule has 1 aromatic rings. The van der Waals surface area contributed by atoms with Gasteiger partial charge in [-0.15, -0.1) is 0 Å². The summed E-state index contributed by atoms with van der Waals surface area (Å²) in [6, 6.07) is 5.63. The SMILES string of the molecule is CC1CN(Cc2ccc(C(=O)NN)cc2Br)CC(C)S1. The zero-order valence-corrected chi connectivity index (χ0v) is 14.1. The topological polar surface area (TPSA) is 58.4 Å². The smallest absolute Gasteiger partial charge is 0.265 e. The highest BCUT2D eigenvalue weighted by molar-refractivity contribution is 9.10. The molecule has 2 unspecified atom stereocenters. The molecule has 1 fully saturated rings. The minimum Gasteiger partial charge on any atom is -0.297 e. The van der Waals surface area contributed by atoms with Crippen LogP contribution in [0.25, 0.3) is 0 Å². The van der Waals surface area contributed by atoms with Gasteiger partial charge in [-0.3, -0.25) is 15.1 Å². The minimum absolute atomic E-state index is 0.270. The molecule has 2 atom stereocenters. The third kappa shape index (κ3) is 3.97. The Hall–Kier alpha value is -0.560. The van der Waals surface area contributed by atoms with Crippen LogP contribution in [0.15, 0.2) is 22.7 Å². The zero-order chi connectivity index (χ0) is 14.7. The van der Waals surface area contributed by atoms with Gasteiger partial charge in [0.15, 0.2) is 0 Å². The summed E-state index contributed by atoms with van der Waals surface area (Å²) in [5, 5.41) is 1.33. The van der Waals surface area contributed by atoms with E-state index in [4.69, 9.17) is 5.84 Å². The van der Waals surface area contributed by atoms with Gasteiger partial charge in [0, 0.05) is 40.2 Å². The van der Waals surface area contributed by atoms with E-state index in [0.717, 1.165) is 24.1 Å². The Balaban J connectivity index is 2.08. The number of amides is 1. The number of benzene rings is 1. The van der Waals surface area contributed by atoms with Crippen molar-refractivity contribution in [3.05, 3.63) is 33.8 Å². The van der Waals surface area contributed by atoms with E-state index in [-0.39, 0.29) is 5.91 Å². The van der Waals surface area contributed by atoms with Crippen LogP contribution in [-0.4, -0.2) is 34.4 Å². The number of hydrogen-bond acceptors (Lipinski definition) is 4. The number of halogens is 1. The molecule has 1 aromatic carbocycles. The van der Waals surface area contributed by atoms with Gasteiger partial charge in [-0.05, 0) is 17.7 Å². The second-order valence-electron chi connectivity index (χ2n) is 5.23. The van der Waals surface area contributed by atoms with E-state index in [9.17, 15) is 4.79 Å². The van der Waals surface area contributed by atoms with E-state index in [1.54, 1.807) is 0 Å². The van der Waals surface area contributed by atoms with Gasteiger partial charge in [-0.2, -0.15) is 11.8 Å². The Bertz CT molecular complexity index is 487. The number of thioether (sulfide) groups is 1. The molecule has 1 aliphatic rings. The second kappa shape index (κ2) is 6.93. The highest BCUT2D eigenvalue weighted by Gasteiger charge is 2.22.